The second kappa shape index (κ2) is 6.26. The molecule has 1 fully saturated rings. The molecule has 114 valence electrons. The first-order chi connectivity index (χ1) is 9.86. The lowest BCUT2D eigenvalue weighted by molar-refractivity contribution is -0.114. The molecule has 1 heterocycles. The highest BCUT2D eigenvalue weighted by Gasteiger charge is 2.26. The van der Waals surface area contributed by atoms with Crippen LogP contribution >= 0.6 is 0 Å². The van der Waals surface area contributed by atoms with Crippen molar-refractivity contribution in [1.29, 1.82) is 0 Å². The van der Waals surface area contributed by atoms with Gasteiger partial charge in [0.2, 0.25) is 5.91 Å². The molecule has 1 aromatic carbocycles. The van der Waals surface area contributed by atoms with E-state index in [9.17, 15) is 9.59 Å². The van der Waals surface area contributed by atoms with Gasteiger partial charge < -0.3 is 15.0 Å². The number of ether oxygens (including phenoxy) is 1. The van der Waals surface area contributed by atoms with Crippen molar-refractivity contribution in [3.05, 3.63) is 29.3 Å². The van der Waals surface area contributed by atoms with Crippen LogP contribution in [0.3, 0.4) is 0 Å². The Morgan fingerprint density at radius 3 is 2.43 bits per heavy atom. The smallest absolute Gasteiger partial charge is 0.254 e. The van der Waals surface area contributed by atoms with Crippen molar-refractivity contribution in [1.82, 2.24) is 4.90 Å². The molecule has 1 saturated heterocycles. The van der Waals surface area contributed by atoms with Crippen LogP contribution in [0.4, 0.5) is 5.69 Å². The van der Waals surface area contributed by atoms with E-state index in [1.165, 1.54) is 6.92 Å². The number of morpholine rings is 1. The van der Waals surface area contributed by atoms with E-state index in [1.54, 1.807) is 17.0 Å². The monoisotopic (exact) mass is 290 g/mol. The summed E-state index contributed by atoms with van der Waals surface area (Å²) < 4.78 is 5.65. The molecule has 1 aliphatic heterocycles. The second-order valence-corrected chi connectivity index (χ2v) is 5.68. The van der Waals surface area contributed by atoms with E-state index >= 15 is 0 Å². The maximum absolute atomic E-state index is 12.6. The first-order valence-corrected chi connectivity index (χ1v) is 7.19. The van der Waals surface area contributed by atoms with Crippen molar-refractivity contribution in [2.75, 3.05) is 18.4 Å². The fraction of sp³-hybridized carbons (Fsp3) is 0.500. The van der Waals surface area contributed by atoms with Gasteiger partial charge in [-0.05, 0) is 38.5 Å². The number of amides is 2. The van der Waals surface area contributed by atoms with Gasteiger partial charge in [0, 0.05) is 31.3 Å². The number of hydrogen-bond acceptors (Lipinski definition) is 3. The number of hydrogen-bond donors (Lipinski definition) is 1. The van der Waals surface area contributed by atoms with Crippen molar-refractivity contribution in [2.45, 2.75) is 39.9 Å². The Bertz CT molecular complexity index is 546. The zero-order valence-electron chi connectivity index (χ0n) is 13.0. The van der Waals surface area contributed by atoms with Gasteiger partial charge in [-0.15, -0.1) is 0 Å². The molecule has 5 heteroatoms. The van der Waals surface area contributed by atoms with Crippen LogP contribution in [-0.2, 0) is 9.53 Å². The molecule has 2 atom stereocenters. The van der Waals surface area contributed by atoms with Crippen LogP contribution in [-0.4, -0.2) is 42.0 Å². The number of nitrogens with zero attached hydrogens (tertiary/aromatic N) is 1. The van der Waals surface area contributed by atoms with E-state index in [0.29, 0.717) is 24.3 Å². The Morgan fingerprint density at radius 2 is 1.86 bits per heavy atom. The van der Waals surface area contributed by atoms with Crippen LogP contribution in [0.2, 0.25) is 0 Å². The molecule has 0 spiro atoms. The van der Waals surface area contributed by atoms with Crippen LogP contribution in [0.1, 0.15) is 36.7 Å². The molecule has 2 amide bonds. The van der Waals surface area contributed by atoms with Gasteiger partial charge in [0.1, 0.15) is 0 Å². The highest BCUT2D eigenvalue weighted by molar-refractivity contribution is 5.97. The maximum Gasteiger partial charge on any atom is 0.254 e. The van der Waals surface area contributed by atoms with Gasteiger partial charge in [0.25, 0.3) is 5.91 Å². The predicted molar refractivity (Wildman–Crippen MR) is 81.4 cm³/mol. The molecule has 1 aliphatic rings. The molecule has 0 aromatic heterocycles. The van der Waals surface area contributed by atoms with E-state index in [2.05, 4.69) is 5.32 Å². The minimum absolute atomic E-state index is 0.0244. The van der Waals surface area contributed by atoms with Crippen molar-refractivity contribution in [3.63, 3.8) is 0 Å². The Hall–Kier alpha value is -1.88. The predicted octanol–water partition coefficient (Wildman–Crippen LogP) is 2.20. The molecular weight excluding hydrogens is 268 g/mol. The standard InChI is InChI=1S/C16H22N2O3/c1-10-5-6-14(7-15(10)17-13(4)19)16(20)18-8-11(2)21-12(3)9-18/h5-7,11-12H,8-9H2,1-4H3,(H,17,19). The second-order valence-electron chi connectivity index (χ2n) is 5.68. The first kappa shape index (κ1) is 15.5. The molecule has 2 rings (SSSR count). The third kappa shape index (κ3) is 3.82. The zero-order valence-corrected chi connectivity index (χ0v) is 13.0. The van der Waals surface area contributed by atoms with Crippen molar-refractivity contribution >= 4 is 17.5 Å². The fourth-order valence-electron chi connectivity index (χ4n) is 2.61. The molecule has 2 unspecified atom stereocenters. The molecule has 1 N–H and O–H groups in total. The van der Waals surface area contributed by atoms with E-state index in [1.807, 2.05) is 26.8 Å². The molecule has 5 nitrogen and oxygen atoms in total. The Kier molecular flexibility index (Phi) is 4.63. The molecule has 1 aromatic rings. The molecule has 0 radical (unpaired) electrons. The molecule has 0 saturated carbocycles. The van der Waals surface area contributed by atoms with Crippen LogP contribution in [0, 0.1) is 6.92 Å². The van der Waals surface area contributed by atoms with Gasteiger partial charge in [-0.3, -0.25) is 9.59 Å². The van der Waals surface area contributed by atoms with Gasteiger partial charge in [0.05, 0.1) is 12.2 Å². The average molecular weight is 290 g/mol. The van der Waals surface area contributed by atoms with Gasteiger partial charge in [-0.2, -0.15) is 0 Å². The van der Waals surface area contributed by atoms with Crippen LogP contribution < -0.4 is 5.32 Å². The minimum Gasteiger partial charge on any atom is -0.372 e. The molecule has 0 bridgehead atoms. The van der Waals surface area contributed by atoms with Crippen LogP contribution in [0.25, 0.3) is 0 Å². The fourth-order valence-corrected chi connectivity index (χ4v) is 2.61. The van der Waals surface area contributed by atoms with Crippen molar-refractivity contribution in [2.24, 2.45) is 0 Å². The summed E-state index contributed by atoms with van der Waals surface area (Å²) in [4.78, 5) is 25.6. The van der Waals surface area contributed by atoms with Gasteiger partial charge in [-0.25, -0.2) is 0 Å². The number of anilines is 1. The lowest BCUT2D eigenvalue weighted by atomic mass is 10.1. The lowest BCUT2D eigenvalue weighted by Gasteiger charge is -2.35. The number of aryl methyl sites for hydroxylation is 1. The third-order valence-electron chi connectivity index (χ3n) is 3.50. The van der Waals surface area contributed by atoms with Gasteiger partial charge in [-0.1, -0.05) is 6.07 Å². The Labute approximate surface area is 125 Å². The molecule has 0 aliphatic carbocycles. The van der Waals surface area contributed by atoms with Crippen molar-refractivity contribution < 1.29 is 14.3 Å². The van der Waals surface area contributed by atoms with Crippen LogP contribution in [0.5, 0.6) is 0 Å². The molecule has 21 heavy (non-hydrogen) atoms. The quantitative estimate of drug-likeness (QED) is 0.908. The van der Waals surface area contributed by atoms with Gasteiger partial charge >= 0.3 is 0 Å². The summed E-state index contributed by atoms with van der Waals surface area (Å²) >= 11 is 0. The topological polar surface area (TPSA) is 58.6 Å². The zero-order chi connectivity index (χ0) is 15.6. The summed E-state index contributed by atoms with van der Waals surface area (Å²) in [5, 5.41) is 2.75. The maximum atomic E-state index is 12.6. The number of nitrogens with one attached hydrogen (secondary N) is 1. The SMILES string of the molecule is CC(=O)Nc1cc(C(=O)N2CC(C)OC(C)C2)ccc1C. The number of rotatable bonds is 2. The summed E-state index contributed by atoms with van der Waals surface area (Å²) in [5.41, 5.74) is 2.21. The number of carbonyl (C=O) groups excluding carboxylic acids is 2. The highest BCUT2D eigenvalue weighted by atomic mass is 16.5. The largest absolute Gasteiger partial charge is 0.372 e. The summed E-state index contributed by atoms with van der Waals surface area (Å²) in [5.74, 6) is -0.167. The third-order valence-corrected chi connectivity index (χ3v) is 3.50. The normalized spacial score (nSPS) is 22.0. The number of benzene rings is 1. The summed E-state index contributed by atoms with van der Waals surface area (Å²) in [6.07, 6.45) is 0.0796. The minimum atomic E-state index is -0.142. The highest BCUT2D eigenvalue weighted by Crippen LogP contribution is 2.20. The molecular formula is C16H22N2O3. The van der Waals surface area contributed by atoms with Crippen molar-refractivity contribution in [3.8, 4) is 0 Å². The average Bonchev–Trinajstić information content (AvgIpc) is 2.39. The summed E-state index contributed by atoms with van der Waals surface area (Å²) in [6, 6.07) is 5.39. The lowest BCUT2D eigenvalue weighted by Crippen LogP contribution is -2.48. The Morgan fingerprint density at radius 1 is 1.24 bits per heavy atom. The Balaban J connectivity index is 2.20. The van der Waals surface area contributed by atoms with E-state index in [4.69, 9.17) is 4.74 Å². The van der Waals surface area contributed by atoms with Crippen LogP contribution in [0.15, 0.2) is 18.2 Å². The summed E-state index contributed by atoms with van der Waals surface area (Å²) in [6.45, 7) is 8.47. The number of carbonyl (C=O) groups is 2. The van der Waals surface area contributed by atoms with E-state index < -0.39 is 0 Å². The van der Waals surface area contributed by atoms with E-state index in [-0.39, 0.29) is 24.0 Å². The van der Waals surface area contributed by atoms with E-state index in [0.717, 1.165) is 5.56 Å². The first-order valence-electron chi connectivity index (χ1n) is 7.19. The summed E-state index contributed by atoms with van der Waals surface area (Å²) in [7, 11) is 0. The van der Waals surface area contributed by atoms with Gasteiger partial charge in [0.15, 0.2) is 0 Å².